The second-order valence-electron chi connectivity index (χ2n) is 5.46. The minimum absolute atomic E-state index is 0.0952. The van der Waals surface area contributed by atoms with Crippen molar-refractivity contribution in [2.24, 2.45) is 17.8 Å². The molecule has 114 valence electrons. The van der Waals surface area contributed by atoms with E-state index >= 15 is 0 Å². The van der Waals surface area contributed by atoms with Crippen LogP contribution in [0.5, 0.6) is 0 Å². The van der Waals surface area contributed by atoms with Crippen LogP contribution in [0.15, 0.2) is 30.3 Å². The van der Waals surface area contributed by atoms with Crippen LogP contribution in [-0.2, 0) is 20.3 Å². The van der Waals surface area contributed by atoms with Gasteiger partial charge in [-0.15, -0.1) is 0 Å². The lowest BCUT2D eigenvalue weighted by atomic mass is 10.1. The van der Waals surface area contributed by atoms with Crippen LogP contribution in [0.2, 0.25) is 0 Å². The molecule has 0 radical (unpaired) electrons. The average Bonchev–Trinajstić information content (AvgIpc) is 3.16. The Morgan fingerprint density at radius 3 is 2.33 bits per heavy atom. The van der Waals surface area contributed by atoms with Crippen LogP contribution in [0.1, 0.15) is 12.0 Å². The first-order valence-corrected chi connectivity index (χ1v) is 8.63. The van der Waals surface area contributed by atoms with Crippen molar-refractivity contribution in [2.75, 3.05) is 6.16 Å². The highest BCUT2D eigenvalue weighted by Gasteiger charge is 2.52. The zero-order valence-electron chi connectivity index (χ0n) is 11.3. The maximum absolute atomic E-state index is 12.3. The van der Waals surface area contributed by atoms with Gasteiger partial charge in [0.15, 0.2) is 0 Å². The Hall–Kier alpha value is -1.65. The van der Waals surface area contributed by atoms with Crippen LogP contribution in [-0.4, -0.2) is 33.2 Å². The monoisotopic (exact) mass is 312 g/mol. The van der Waals surface area contributed by atoms with Crippen LogP contribution in [0.25, 0.3) is 0 Å². The molecular formula is C14H17O6P. The maximum atomic E-state index is 12.3. The first-order chi connectivity index (χ1) is 9.80. The molecule has 3 N–H and O–H groups in total. The summed E-state index contributed by atoms with van der Waals surface area (Å²) >= 11 is 0. The summed E-state index contributed by atoms with van der Waals surface area (Å²) in [4.78, 5) is 32.1. The molecule has 21 heavy (non-hydrogen) atoms. The van der Waals surface area contributed by atoms with E-state index in [2.05, 4.69) is 0 Å². The van der Waals surface area contributed by atoms with Gasteiger partial charge in [-0.25, -0.2) is 0 Å². The van der Waals surface area contributed by atoms with E-state index in [1.54, 1.807) is 30.3 Å². The predicted octanol–water partition coefficient (Wildman–Crippen LogP) is 1.88. The number of carbonyl (C=O) groups is 2. The summed E-state index contributed by atoms with van der Waals surface area (Å²) in [5, 5.41) is 18.1. The predicted molar refractivity (Wildman–Crippen MR) is 75.2 cm³/mol. The Balaban J connectivity index is 2.04. The fourth-order valence-electron chi connectivity index (χ4n) is 2.58. The highest BCUT2D eigenvalue weighted by Crippen LogP contribution is 2.53. The largest absolute Gasteiger partial charge is 0.481 e. The molecule has 1 aliphatic carbocycles. The molecule has 0 aromatic heterocycles. The third kappa shape index (κ3) is 4.16. The topological polar surface area (TPSA) is 112 Å². The molecule has 0 amide bonds. The van der Waals surface area contributed by atoms with Crippen LogP contribution >= 0.6 is 7.37 Å². The smallest absolute Gasteiger partial charge is 0.307 e. The van der Waals surface area contributed by atoms with Gasteiger partial charge in [0.2, 0.25) is 7.37 Å². The van der Waals surface area contributed by atoms with Gasteiger partial charge < -0.3 is 15.1 Å². The maximum Gasteiger partial charge on any atom is 0.307 e. The molecule has 1 fully saturated rings. The normalized spacial score (nSPS) is 24.8. The molecule has 0 saturated heterocycles. The minimum atomic E-state index is -3.67. The summed E-state index contributed by atoms with van der Waals surface area (Å²) < 4.78 is 12.3. The molecule has 0 spiro atoms. The quantitative estimate of drug-likeness (QED) is 0.663. The molecule has 1 aromatic carbocycles. The van der Waals surface area contributed by atoms with E-state index in [1.165, 1.54) is 0 Å². The summed E-state index contributed by atoms with van der Waals surface area (Å²) in [5.74, 6) is -4.57. The first kappa shape index (κ1) is 15.7. The molecule has 2 rings (SSSR count). The lowest BCUT2D eigenvalue weighted by Crippen LogP contribution is -2.22. The molecule has 0 heterocycles. The summed E-state index contributed by atoms with van der Waals surface area (Å²) in [7, 11) is -3.67. The third-order valence-electron chi connectivity index (χ3n) is 3.75. The van der Waals surface area contributed by atoms with Gasteiger partial charge in [-0.2, -0.15) is 0 Å². The molecule has 1 saturated carbocycles. The van der Waals surface area contributed by atoms with Crippen molar-refractivity contribution in [1.29, 1.82) is 0 Å². The van der Waals surface area contributed by atoms with Crippen molar-refractivity contribution >= 4 is 19.3 Å². The number of carboxylic acids is 2. The molecule has 7 heteroatoms. The Kier molecular flexibility index (Phi) is 4.49. The first-order valence-electron chi connectivity index (χ1n) is 6.60. The van der Waals surface area contributed by atoms with Crippen molar-refractivity contribution < 1.29 is 29.3 Å². The average molecular weight is 312 g/mol. The number of aliphatic carboxylic acids is 2. The van der Waals surface area contributed by atoms with Gasteiger partial charge >= 0.3 is 11.9 Å². The molecular weight excluding hydrogens is 295 g/mol. The van der Waals surface area contributed by atoms with Gasteiger partial charge in [0.1, 0.15) is 0 Å². The highest BCUT2D eigenvalue weighted by molar-refractivity contribution is 7.57. The van der Waals surface area contributed by atoms with Crippen LogP contribution in [0.4, 0.5) is 0 Å². The summed E-state index contributed by atoms with van der Waals surface area (Å²) in [6, 6.07) is 8.68. The Bertz CT molecular complexity index is 584. The minimum Gasteiger partial charge on any atom is -0.481 e. The number of benzene rings is 1. The Labute approximate surface area is 121 Å². The van der Waals surface area contributed by atoms with Gasteiger partial charge in [0.05, 0.1) is 11.8 Å². The van der Waals surface area contributed by atoms with Gasteiger partial charge in [0, 0.05) is 12.3 Å². The van der Waals surface area contributed by atoms with E-state index in [1.807, 2.05) is 0 Å². The van der Waals surface area contributed by atoms with E-state index in [0.29, 0.717) is 5.56 Å². The number of hydrogen-bond donors (Lipinski definition) is 3. The van der Waals surface area contributed by atoms with E-state index in [4.69, 9.17) is 5.11 Å². The van der Waals surface area contributed by atoms with E-state index in [9.17, 15) is 24.2 Å². The fraction of sp³-hybridized carbons (Fsp3) is 0.429. The molecule has 0 aliphatic heterocycles. The zero-order chi connectivity index (χ0) is 15.6. The van der Waals surface area contributed by atoms with Crippen molar-refractivity contribution in [1.82, 2.24) is 0 Å². The zero-order valence-corrected chi connectivity index (χ0v) is 12.1. The molecule has 4 unspecified atom stereocenters. The molecule has 0 bridgehead atoms. The van der Waals surface area contributed by atoms with Gasteiger partial charge in [0.25, 0.3) is 0 Å². The van der Waals surface area contributed by atoms with Crippen molar-refractivity contribution in [2.45, 2.75) is 12.6 Å². The van der Waals surface area contributed by atoms with Crippen molar-refractivity contribution in [3.05, 3.63) is 35.9 Å². The number of carboxylic acid groups (broad SMARTS) is 2. The lowest BCUT2D eigenvalue weighted by Gasteiger charge is -2.17. The summed E-state index contributed by atoms with van der Waals surface area (Å²) in [5.41, 5.74) is 0.665. The van der Waals surface area contributed by atoms with Crippen LogP contribution < -0.4 is 0 Å². The second-order valence-corrected chi connectivity index (χ2v) is 7.84. The Morgan fingerprint density at radius 1 is 1.24 bits per heavy atom. The second kappa shape index (κ2) is 6.00. The van der Waals surface area contributed by atoms with Crippen LogP contribution in [0.3, 0.4) is 0 Å². The molecule has 1 aliphatic rings. The Morgan fingerprint density at radius 2 is 1.86 bits per heavy atom. The lowest BCUT2D eigenvalue weighted by molar-refractivity contribution is -0.142. The van der Waals surface area contributed by atoms with E-state index in [-0.39, 0.29) is 18.7 Å². The van der Waals surface area contributed by atoms with Gasteiger partial charge in [-0.05, 0) is 17.9 Å². The third-order valence-corrected chi connectivity index (χ3v) is 5.57. The van der Waals surface area contributed by atoms with Crippen molar-refractivity contribution in [3.8, 4) is 0 Å². The molecule has 4 atom stereocenters. The van der Waals surface area contributed by atoms with Gasteiger partial charge in [-0.1, -0.05) is 30.3 Å². The van der Waals surface area contributed by atoms with Gasteiger partial charge in [-0.3, -0.25) is 14.2 Å². The van der Waals surface area contributed by atoms with E-state index < -0.39 is 37.1 Å². The molecule has 6 nitrogen and oxygen atoms in total. The highest BCUT2D eigenvalue weighted by atomic mass is 31.2. The standard InChI is InChI=1S/C14H17O6P/c15-13(16)11-6-10(11)12(14(17)18)8-21(19,20)7-9-4-2-1-3-5-9/h1-5,10-12H,6-8H2,(H,15,16)(H,17,18)(H,19,20). The number of rotatable bonds is 7. The van der Waals surface area contributed by atoms with Crippen LogP contribution in [0, 0.1) is 17.8 Å². The number of hydrogen-bond acceptors (Lipinski definition) is 3. The fourth-order valence-corrected chi connectivity index (χ4v) is 4.53. The van der Waals surface area contributed by atoms with E-state index in [0.717, 1.165) is 0 Å². The molecule has 1 aromatic rings. The summed E-state index contributed by atoms with van der Waals surface area (Å²) in [6.45, 7) is 0. The van der Waals surface area contributed by atoms with Crippen molar-refractivity contribution in [3.63, 3.8) is 0 Å². The summed E-state index contributed by atoms with van der Waals surface area (Å²) in [6.07, 6.45) is -0.217. The SMILES string of the molecule is O=C(O)C1CC1C(CP(=O)(O)Cc1ccccc1)C(=O)O.